The van der Waals surface area contributed by atoms with Gasteiger partial charge in [-0.3, -0.25) is 0 Å². The van der Waals surface area contributed by atoms with Crippen LogP contribution in [0.1, 0.15) is 63.0 Å². The monoisotopic (exact) mass is 260 g/mol. The Hall–Kier alpha value is -0.860. The zero-order chi connectivity index (χ0) is 13.7. The summed E-state index contributed by atoms with van der Waals surface area (Å²) in [6, 6.07) is 10.2. The molecule has 0 saturated heterocycles. The Morgan fingerprint density at radius 3 is 2.37 bits per heavy atom. The van der Waals surface area contributed by atoms with Crippen LogP contribution in [0.5, 0.6) is 0 Å². The summed E-state index contributed by atoms with van der Waals surface area (Å²) in [5.41, 5.74) is 8.78. The largest absolute Gasteiger partial charge is 0.328 e. The number of benzene rings is 1. The lowest BCUT2D eigenvalue weighted by Crippen LogP contribution is -2.37. The molecule has 0 spiro atoms. The van der Waals surface area contributed by atoms with Gasteiger partial charge in [0.15, 0.2) is 0 Å². The van der Waals surface area contributed by atoms with E-state index in [1.165, 1.54) is 43.2 Å². The van der Waals surface area contributed by atoms with E-state index in [1.54, 1.807) is 0 Å². The SMILES string of the molecule is CCC(C)c1ccc(CNC2CCC(N)CC2)cc1. The Labute approximate surface area is 117 Å². The molecule has 0 aromatic heterocycles. The van der Waals surface area contributed by atoms with E-state index < -0.39 is 0 Å². The van der Waals surface area contributed by atoms with Crippen molar-refractivity contribution >= 4 is 0 Å². The highest BCUT2D eigenvalue weighted by Crippen LogP contribution is 2.20. The number of nitrogens with one attached hydrogen (secondary N) is 1. The second-order valence-electron chi connectivity index (χ2n) is 6.04. The lowest BCUT2D eigenvalue weighted by molar-refractivity contribution is 0.342. The molecule has 2 heteroatoms. The maximum atomic E-state index is 5.93. The first-order valence-corrected chi connectivity index (χ1v) is 7.76. The van der Waals surface area contributed by atoms with Crippen LogP contribution in [0, 0.1) is 0 Å². The molecule has 0 bridgehead atoms. The molecule has 1 aromatic rings. The number of hydrogen-bond acceptors (Lipinski definition) is 2. The molecule has 2 nitrogen and oxygen atoms in total. The fourth-order valence-corrected chi connectivity index (χ4v) is 2.79. The van der Waals surface area contributed by atoms with Crippen molar-refractivity contribution < 1.29 is 0 Å². The molecular weight excluding hydrogens is 232 g/mol. The first-order chi connectivity index (χ1) is 9.19. The van der Waals surface area contributed by atoms with Crippen molar-refractivity contribution in [1.82, 2.24) is 5.32 Å². The van der Waals surface area contributed by atoms with Crippen molar-refractivity contribution in [3.63, 3.8) is 0 Å². The average molecular weight is 260 g/mol. The Morgan fingerprint density at radius 2 is 1.79 bits per heavy atom. The Morgan fingerprint density at radius 1 is 1.16 bits per heavy atom. The molecule has 1 fully saturated rings. The van der Waals surface area contributed by atoms with Gasteiger partial charge < -0.3 is 11.1 Å². The molecule has 3 N–H and O–H groups in total. The topological polar surface area (TPSA) is 38.0 Å². The van der Waals surface area contributed by atoms with Crippen LogP contribution in [0.25, 0.3) is 0 Å². The molecule has 2 rings (SSSR count). The summed E-state index contributed by atoms with van der Waals surface area (Å²) in [6.07, 6.45) is 6.01. The lowest BCUT2D eigenvalue weighted by Gasteiger charge is -2.27. The molecule has 1 saturated carbocycles. The molecule has 1 aliphatic carbocycles. The van der Waals surface area contributed by atoms with Gasteiger partial charge in [-0.1, -0.05) is 38.1 Å². The van der Waals surface area contributed by atoms with Crippen LogP contribution in [0.2, 0.25) is 0 Å². The van der Waals surface area contributed by atoms with Gasteiger partial charge in [0.25, 0.3) is 0 Å². The second-order valence-corrected chi connectivity index (χ2v) is 6.04. The first kappa shape index (κ1) is 14.5. The van der Waals surface area contributed by atoms with Crippen molar-refractivity contribution in [2.45, 2.75) is 70.5 Å². The number of hydrogen-bond donors (Lipinski definition) is 2. The van der Waals surface area contributed by atoms with Crippen molar-refractivity contribution in [1.29, 1.82) is 0 Å². The van der Waals surface area contributed by atoms with Crippen molar-refractivity contribution in [2.24, 2.45) is 5.73 Å². The van der Waals surface area contributed by atoms with Crippen LogP contribution in [-0.4, -0.2) is 12.1 Å². The van der Waals surface area contributed by atoms with Gasteiger partial charge in [-0.2, -0.15) is 0 Å². The van der Waals surface area contributed by atoms with Gasteiger partial charge >= 0.3 is 0 Å². The van der Waals surface area contributed by atoms with E-state index in [-0.39, 0.29) is 0 Å². The van der Waals surface area contributed by atoms with Crippen LogP contribution in [0.15, 0.2) is 24.3 Å². The highest BCUT2D eigenvalue weighted by molar-refractivity contribution is 5.24. The van der Waals surface area contributed by atoms with Gasteiger partial charge in [-0.25, -0.2) is 0 Å². The minimum absolute atomic E-state index is 0.438. The molecule has 19 heavy (non-hydrogen) atoms. The molecule has 0 heterocycles. The smallest absolute Gasteiger partial charge is 0.0208 e. The fraction of sp³-hybridized carbons (Fsp3) is 0.647. The lowest BCUT2D eigenvalue weighted by atomic mass is 9.91. The van der Waals surface area contributed by atoms with Crippen molar-refractivity contribution in [3.05, 3.63) is 35.4 Å². The minimum Gasteiger partial charge on any atom is -0.328 e. The highest BCUT2D eigenvalue weighted by atomic mass is 14.9. The zero-order valence-electron chi connectivity index (χ0n) is 12.4. The predicted molar refractivity (Wildman–Crippen MR) is 82.2 cm³/mol. The van der Waals surface area contributed by atoms with Gasteiger partial charge in [0.1, 0.15) is 0 Å². The predicted octanol–water partition coefficient (Wildman–Crippen LogP) is 3.56. The summed E-state index contributed by atoms with van der Waals surface area (Å²) in [7, 11) is 0. The summed E-state index contributed by atoms with van der Waals surface area (Å²) >= 11 is 0. The van der Waals surface area contributed by atoms with Crippen molar-refractivity contribution in [2.75, 3.05) is 0 Å². The third-order valence-corrected chi connectivity index (χ3v) is 4.53. The second kappa shape index (κ2) is 7.06. The summed E-state index contributed by atoms with van der Waals surface area (Å²) in [4.78, 5) is 0. The Bertz CT molecular complexity index is 363. The average Bonchev–Trinajstić information content (AvgIpc) is 2.46. The highest BCUT2D eigenvalue weighted by Gasteiger charge is 2.17. The minimum atomic E-state index is 0.438. The zero-order valence-corrected chi connectivity index (χ0v) is 12.4. The van der Waals surface area contributed by atoms with Gasteiger partial charge in [-0.15, -0.1) is 0 Å². The summed E-state index contributed by atoms with van der Waals surface area (Å²) < 4.78 is 0. The van der Waals surface area contributed by atoms with E-state index in [0.717, 1.165) is 6.54 Å². The van der Waals surface area contributed by atoms with E-state index in [4.69, 9.17) is 5.73 Å². The molecule has 1 atom stereocenters. The van der Waals surface area contributed by atoms with Crippen LogP contribution in [-0.2, 0) is 6.54 Å². The van der Waals surface area contributed by atoms with Crippen molar-refractivity contribution in [3.8, 4) is 0 Å². The third kappa shape index (κ3) is 4.32. The molecule has 0 amide bonds. The Kier molecular flexibility index (Phi) is 5.41. The van der Waals surface area contributed by atoms with Gasteiger partial charge in [0.05, 0.1) is 0 Å². The summed E-state index contributed by atoms with van der Waals surface area (Å²) in [5.74, 6) is 0.668. The summed E-state index contributed by atoms with van der Waals surface area (Å²) in [5, 5.41) is 3.67. The van der Waals surface area contributed by atoms with Gasteiger partial charge in [0, 0.05) is 18.6 Å². The maximum absolute atomic E-state index is 5.93. The van der Waals surface area contributed by atoms with E-state index in [2.05, 4.69) is 43.4 Å². The standard InChI is InChI=1S/C17H28N2/c1-3-13(2)15-6-4-14(5-7-15)12-19-17-10-8-16(18)9-11-17/h4-7,13,16-17,19H,3,8-12,18H2,1-2H3. The van der Waals surface area contributed by atoms with E-state index in [9.17, 15) is 0 Å². The van der Waals surface area contributed by atoms with Crippen LogP contribution >= 0.6 is 0 Å². The fourth-order valence-electron chi connectivity index (χ4n) is 2.79. The normalized spacial score (nSPS) is 25.2. The molecule has 1 unspecified atom stereocenters. The summed E-state index contributed by atoms with van der Waals surface area (Å²) in [6.45, 7) is 5.52. The van der Waals surface area contributed by atoms with Crippen LogP contribution in [0.4, 0.5) is 0 Å². The molecule has 0 aliphatic heterocycles. The third-order valence-electron chi connectivity index (χ3n) is 4.53. The van der Waals surface area contributed by atoms with E-state index in [0.29, 0.717) is 18.0 Å². The van der Waals surface area contributed by atoms with E-state index >= 15 is 0 Å². The molecule has 106 valence electrons. The Balaban J connectivity index is 1.80. The number of rotatable bonds is 5. The quantitative estimate of drug-likeness (QED) is 0.849. The van der Waals surface area contributed by atoms with Gasteiger partial charge in [-0.05, 0) is 49.1 Å². The molecule has 1 aliphatic rings. The molecule has 0 radical (unpaired) electrons. The van der Waals surface area contributed by atoms with Crippen LogP contribution < -0.4 is 11.1 Å². The van der Waals surface area contributed by atoms with Gasteiger partial charge in [0.2, 0.25) is 0 Å². The van der Waals surface area contributed by atoms with E-state index in [1.807, 2.05) is 0 Å². The maximum Gasteiger partial charge on any atom is 0.0208 e. The molecular formula is C17H28N2. The molecule has 1 aromatic carbocycles. The number of nitrogens with two attached hydrogens (primary N) is 1. The van der Waals surface area contributed by atoms with Crippen LogP contribution in [0.3, 0.4) is 0 Å². The first-order valence-electron chi connectivity index (χ1n) is 7.76.